The Labute approximate surface area is 233 Å². The molecule has 4 rings (SSSR count). The van der Waals surface area contributed by atoms with Gasteiger partial charge in [-0.05, 0) is 43.7 Å². The number of hydrogen-bond acceptors (Lipinski definition) is 7. The van der Waals surface area contributed by atoms with Gasteiger partial charge in [-0.2, -0.15) is 0 Å². The fourth-order valence-corrected chi connectivity index (χ4v) is 6.16. The van der Waals surface area contributed by atoms with Crippen molar-refractivity contribution in [2.24, 2.45) is 11.3 Å². The molecule has 3 amide bonds. The summed E-state index contributed by atoms with van der Waals surface area (Å²) in [4.78, 5) is 79.1. The van der Waals surface area contributed by atoms with Crippen molar-refractivity contribution in [2.75, 3.05) is 31.6 Å². The predicted octanol–water partition coefficient (Wildman–Crippen LogP) is 1.86. The molecule has 3 aliphatic rings. The minimum Gasteiger partial charge on any atom is -0.481 e. The van der Waals surface area contributed by atoms with Crippen LogP contribution in [0.2, 0.25) is 0 Å². The molecule has 2 heterocycles. The second-order valence-electron chi connectivity index (χ2n) is 11.0. The van der Waals surface area contributed by atoms with Crippen LogP contribution in [0.5, 0.6) is 0 Å². The maximum absolute atomic E-state index is 13.8. The van der Waals surface area contributed by atoms with Crippen LogP contribution >= 0.6 is 0 Å². The van der Waals surface area contributed by atoms with Gasteiger partial charge in [0, 0.05) is 38.0 Å². The fourth-order valence-electron chi connectivity index (χ4n) is 6.16. The lowest BCUT2D eigenvalue weighted by atomic mass is 9.75. The third-order valence-corrected chi connectivity index (χ3v) is 8.49. The summed E-state index contributed by atoms with van der Waals surface area (Å²) in [5.74, 6) is -3.87. The largest absolute Gasteiger partial charge is 0.481 e. The maximum atomic E-state index is 13.8. The molecule has 0 spiro atoms. The van der Waals surface area contributed by atoms with E-state index in [-0.39, 0.29) is 57.0 Å². The van der Waals surface area contributed by atoms with Gasteiger partial charge in [-0.15, -0.1) is 0 Å². The third-order valence-electron chi connectivity index (χ3n) is 8.49. The molecule has 0 bridgehead atoms. The Hall–Kier alpha value is -3.76. The van der Waals surface area contributed by atoms with Crippen molar-refractivity contribution >= 4 is 41.1 Å². The molecule has 11 heteroatoms. The average molecular weight is 556 g/mol. The molecule has 0 aromatic heterocycles. The number of nitrogens with zero attached hydrogens (tertiary/aromatic N) is 2. The number of carbonyl (C=O) groups is 6. The lowest BCUT2D eigenvalue weighted by molar-refractivity contribution is -0.149. The van der Waals surface area contributed by atoms with E-state index < -0.39 is 41.1 Å². The number of esters is 1. The zero-order chi connectivity index (χ0) is 28.9. The number of amides is 3. The molecule has 2 atom stereocenters. The molecule has 1 aromatic carbocycles. The van der Waals surface area contributed by atoms with E-state index in [9.17, 15) is 33.9 Å². The zero-order valence-electron chi connectivity index (χ0n) is 22.9. The van der Waals surface area contributed by atoms with E-state index in [4.69, 9.17) is 4.74 Å². The van der Waals surface area contributed by atoms with Gasteiger partial charge < -0.3 is 20.1 Å². The number of ether oxygens (including phenoxy) is 1. The lowest BCUT2D eigenvalue weighted by Crippen LogP contribution is -2.53. The number of para-hydroxylation sites is 1. The summed E-state index contributed by atoms with van der Waals surface area (Å²) < 4.78 is 4.79. The number of aliphatic carboxylic acids is 1. The molecular weight excluding hydrogens is 518 g/mol. The van der Waals surface area contributed by atoms with E-state index in [1.807, 2.05) is 12.1 Å². The molecule has 2 unspecified atom stereocenters. The highest BCUT2D eigenvalue weighted by Crippen LogP contribution is 2.44. The zero-order valence-corrected chi connectivity index (χ0v) is 22.9. The molecule has 1 aliphatic carbocycles. The van der Waals surface area contributed by atoms with Crippen LogP contribution < -0.4 is 10.2 Å². The van der Waals surface area contributed by atoms with Crippen LogP contribution in [0.3, 0.4) is 0 Å². The van der Waals surface area contributed by atoms with Crippen LogP contribution in [0, 0.1) is 11.3 Å². The SMILES string of the molecule is COC(=O)CN1C(=O)C(NC(=O)C2(CC(CC(=O)N3CCC(=O)CC3)C(=O)O)CCCC2)CCc2ccccc21. The molecule has 1 aromatic rings. The topological polar surface area (TPSA) is 150 Å². The number of carboxylic acids is 1. The first-order valence-corrected chi connectivity index (χ1v) is 13.9. The Bertz CT molecular complexity index is 1170. The molecule has 1 saturated heterocycles. The van der Waals surface area contributed by atoms with Crippen molar-refractivity contribution in [2.45, 2.75) is 70.3 Å². The summed E-state index contributed by atoms with van der Waals surface area (Å²) >= 11 is 0. The number of nitrogens with one attached hydrogen (secondary N) is 1. The van der Waals surface area contributed by atoms with Crippen LogP contribution in [-0.4, -0.2) is 78.2 Å². The number of hydrogen-bond donors (Lipinski definition) is 2. The second-order valence-corrected chi connectivity index (χ2v) is 11.0. The first kappa shape index (κ1) is 29.2. The number of benzene rings is 1. The molecule has 11 nitrogen and oxygen atoms in total. The van der Waals surface area contributed by atoms with E-state index in [1.54, 1.807) is 12.1 Å². The Balaban J connectivity index is 1.50. The van der Waals surface area contributed by atoms with Gasteiger partial charge in [0.2, 0.25) is 17.7 Å². The van der Waals surface area contributed by atoms with Crippen molar-refractivity contribution in [3.05, 3.63) is 29.8 Å². The number of fused-ring (bicyclic) bond motifs is 1. The molecule has 2 fully saturated rings. The molecule has 216 valence electrons. The highest BCUT2D eigenvalue weighted by molar-refractivity contribution is 6.03. The molecule has 1 saturated carbocycles. The van der Waals surface area contributed by atoms with Crippen LogP contribution in [0.4, 0.5) is 5.69 Å². The maximum Gasteiger partial charge on any atom is 0.325 e. The summed E-state index contributed by atoms with van der Waals surface area (Å²) in [6, 6.07) is 6.35. The van der Waals surface area contributed by atoms with Crippen molar-refractivity contribution in [3.63, 3.8) is 0 Å². The summed E-state index contributed by atoms with van der Waals surface area (Å²) in [5, 5.41) is 12.9. The average Bonchev–Trinajstić information content (AvgIpc) is 3.38. The monoisotopic (exact) mass is 555 g/mol. The second kappa shape index (κ2) is 12.6. The number of carboxylic acid groups (broad SMARTS) is 1. The van der Waals surface area contributed by atoms with Gasteiger partial charge in [-0.1, -0.05) is 31.0 Å². The smallest absolute Gasteiger partial charge is 0.325 e. The van der Waals surface area contributed by atoms with E-state index in [1.165, 1.54) is 16.9 Å². The quantitative estimate of drug-likeness (QED) is 0.439. The first-order chi connectivity index (χ1) is 19.1. The third kappa shape index (κ3) is 6.51. The number of ketones is 1. The van der Waals surface area contributed by atoms with Gasteiger partial charge in [0.1, 0.15) is 18.4 Å². The van der Waals surface area contributed by atoms with Crippen LogP contribution in [0.1, 0.15) is 63.4 Å². The number of aryl methyl sites for hydroxylation is 1. The van der Waals surface area contributed by atoms with E-state index in [2.05, 4.69) is 5.32 Å². The van der Waals surface area contributed by atoms with E-state index in [0.717, 1.165) is 18.4 Å². The van der Waals surface area contributed by atoms with Gasteiger partial charge in [0.15, 0.2) is 0 Å². The van der Waals surface area contributed by atoms with Crippen molar-refractivity contribution in [1.29, 1.82) is 0 Å². The highest BCUT2D eigenvalue weighted by Gasteiger charge is 2.46. The number of Topliss-reactive ketones (excluding diaryl/α,β-unsaturated/α-hetero) is 1. The number of carbonyl (C=O) groups excluding carboxylic acids is 5. The molecular formula is C29H37N3O8. The minimum absolute atomic E-state index is 0.0142. The van der Waals surface area contributed by atoms with Gasteiger partial charge in [-0.25, -0.2) is 0 Å². The highest BCUT2D eigenvalue weighted by atomic mass is 16.5. The molecule has 0 radical (unpaired) electrons. The fraction of sp³-hybridized carbons (Fsp3) is 0.586. The van der Waals surface area contributed by atoms with Gasteiger partial charge in [0.05, 0.1) is 18.4 Å². The van der Waals surface area contributed by atoms with E-state index in [0.29, 0.717) is 31.4 Å². The van der Waals surface area contributed by atoms with Crippen molar-refractivity contribution in [3.8, 4) is 0 Å². The Morgan fingerprint density at radius 1 is 1.07 bits per heavy atom. The van der Waals surface area contributed by atoms with E-state index >= 15 is 0 Å². The molecule has 2 N–H and O–H groups in total. The van der Waals surface area contributed by atoms with Gasteiger partial charge in [0.25, 0.3) is 0 Å². The van der Waals surface area contributed by atoms with Crippen LogP contribution in [0.15, 0.2) is 24.3 Å². The number of methoxy groups -OCH3 is 1. The van der Waals surface area contributed by atoms with Gasteiger partial charge in [-0.3, -0.25) is 33.7 Å². The normalized spacial score (nSPS) is 21.3. The number of piperidine rings is 1. The molecule has 40 heavy (non-hydrogen) atoms. The number of anilines is 1. The Kier molecular flexibility index (Phi) is 9.21. The van der Waals surface area contributed by atoms with Gasteiger partial charge >= 0.3 is 11.9 Å². The number of likely N-dealkylation sites (tertiary alicyclic amines) is 1. The Morgan fingerprint density at radius 3 is 2.40 bits per heavy atom. The first-order valence-electron chi connectivity index (χ1n) is 13.9. The summed E-state index contributed by atoms with van der Waals surface area (Å²) in [5.41, 5.74) is 0.443. The predicted molar refractivity (Wildman–Crippen MR) is 143 cm³/mol. The number of rotatable bonds is 9. The minimum atomic E-state index is -1.15. The lowest BCUT2D eigenvalue weighted by Gasteiger charge is -2.33. The summed E-state index contributed by atoms with van der Waals surface area (Å²) in [6.07, 6.45) is 3.49. The summed E-state index contributed by atoms with van der Waals surface area (Å²) in [7, 11) is 1.24. The van der Waals surface area contributed by atoms with Crippen molar-refractivity contribution in [1.82, 2.24) is 10.2 Å². The molecule has 2 aliphatic heterocycles. The van der Waals surface area contributed by atoms with Crippen LogP contribution in [0.25, 0.3) is 0 Å². The summed E-state index contributed by atoms with van der Waals surface area (Å²) in [6.45, 7) is 0.267. The Morgan fingerprint density at radius 2 is 1.75 bits per heavy atom. The van der Waals surface area contributed by atoms with Crippen molar-refractivity contribution < 1.29 is 38.6 Å². The standard InChI is InChI=1S/C29H37N3O8/c1-40-25(35)18-32-23-7-3-2-6-19(23)8-9-22(26(32)36)30-28(39)29(12-4-5-13-29)17-20(27(37)38)16-24(34)31-14-10-21(33)11-15-31/h2-3,6-7,20,22H,4-5,8-18H2,1H3,(H,30,39)(H,37,38). The van der Waals surface area contributed by atoms with Crippen LogP contribution in [-0.2, 0) is 39.9 Å².